The van der Waals surface area contributed by atoms with Crippen LogP contribution in [0, 0.1) is 10.1 Å². The second-order valence-electron chi connectivity index (χ2n) is 5.00. The van der Waals surface area contributed by atoms with Gasteiger partial charge in [0.1, 0.15) is 5.69 Å². The first-order chi connectivity index (χ1) is 11.0. The maximum Gasteiger partial charge on any atom is 0.357 e. The van der Waals surface area contributed by atoms with Crippen LogP contribution in [-0.4, -0.2) is 9.49 Å². The number of nitrogens with one attached hydrogen (secondary N) is 1. The van der Waals surface area contributed by atoms with Gasteiger partial charge in [-0.15, -0.1) is 0 Å². The van der Waals surface area contributed by atoms with Gasteiger partial charge in [0.25, 0.3) is 0 Å². The minimum atomic E-state index is -0.668. The summed E-state index contributed by atoms with van der Waals surface area (Å²) in [5.41, 5.74) is 0.173. The average molecular weight is 330 g/mol. The predicted molar refractivity (Wildman–Crippen MR) is 90.6 cm³/mol. The summed E-state index contributed by atoms with van der Waals surface area (Å²) >= 11 is 5.95. The van der Waals surface area contributed by atoms with E-state index in [2.05, 4.69) is 5.32 Å². The molecule has 0 bridgehead atoms. The second kappa shape index (κ2) is 5.73. The SMILES string of the molecule is Cn1c(=O)c([N+](=O)[O-])c(Nc2cccc(Cl)c2)c2ccccc21. The Balaban J connectivity index is 2.33. The molecule has 116 valence electrons. The minimum absolute atomic E-state index is 0.163. The van der Waals surface area contributed by atoms with E-state index in [0.717, 1.165) is 0 Å². The Kier molecular flexibility index (Phi) is 3.75. The number of anilines is 2. The molecule has 0 saturated heterocycles. The number of nitrogens with zero attached hydrogens (tertiary/aromatic N) is 2. The summed E-state index contributed by atoms with van der Waals surface area (Å²) in [5.74, 6) is 0. The molecular weight excluding hydrogens is 318 g/mol. The maximum absolute atomic E-state index is 12.4. The Morgan fingerprint density at radius 2 is 1.91 bits per heavy atom. The van der Waals surface area contributed by atoms with E-state index in [1.165, 1.54) is 11.6 Å². The van der Waals surface area contributed by atoms with Crippen molar-refractivity contribution >= 4 is 39.6 Å². The van der Waals surface area contributed by atoms with E-state index in [0.29, 0.717) is 21.6 Å². The van der Waals surface area contributed by atoms with Crippen LogP contribution in [0.4, 0.5) is 17.1 Å². The van der Waals surface area contributed by atoms with Gasteiger partial charge in [-0.05, 0) is 24.3 Å². The number of aryl methyl sites for hydroxylation is 1. The van der Waals surface area contributed by atoms with Crippen LogP contribution in [0.2, 0.25) is 5.02 Å². The number of pyridine rings is 1. The van der Waals surface area contributed by atoms with Crippen LogP contribution in [0.5, 0.6) is 0 Å². The molecule has 0 unspecified atom stereocenters. The molecule has 0 aliphatic carbocycles. The number of fused-ring (bicyclic) bond motifs is 1. The van der Waals surface area contributed by atoms with Gasteiger partial charge < -0.3 is 9.88 Å². The third-order valence-corrected chi connectivity index (χ3v) is 3.79. The van der Waals surface area contributed by atoms with Gasteiger partial charge in [0, 0.05) is 23.1 Å². The first kappa shape index (κ1) is 15.1. The van der Waals surface area contributed by atoms with Gasteiger partial charge in [-0.1, -0.05) is 35.9 Å². The lowest BCUT2D eigenvalue weighted by atomic mass is 10.1. The molecule has 2 aromatic carbocycles. The van der Waals surface area contributed by atoms with Crippen molar-refractivity contribution in [2.75, 3.05) is 5.32 Å². The molecule has 6 nitrogen and oxygen atoms in total. The van der Waals surface area contributed by atoms with E-state index in [-0.39, 0.29) is 5.69 Å². The third-order valence-electron chi connectivity index (χ3n) is 3.56. The van der Waals surface area contributed by atoms with Crippen molar-refractivity contribution in [3.05, 3.63) is 74.0 Å². The van der Waals surface area contributed by atoms with Gasteiger partial charge in [-0.2, -0.15) is 0 Å². The Labute approximate surface area is 136 Å². The molecule has 3 rings (SSSR count). The average Bonchev–Trinajstić information content (AvgIpc) is 2.52. The highest BCUT2D eigenvalue weighted by Gasteiger charge is 2.24. The molecule has 23 heavy (non-hydrogen) atoms. The van der Waals surface area contributed by atoms with Crippen LogP contribution in [-0.2, 0) is 7.05 Å². The molecule has 1 heterocycles. The quantitative estimate of drug-likeness (QED) is 0.585. The minimum Gasteiger partial charge on any atom is -0.349 e. The largest absolute Gasteiger partial charge is 0.357 e. The topological polar surface area (TPSA) is 77.2 Å². The number of para-hydroxylation sites is 1. The van der Waals surface area contributed by atoms with E-state index in [1.54, 1.807) is 48.5 Å². The zero-order valence-electron chi connectivity index (χ0n) is 12.1. The Hall–Kier alpha value is -2.86. The van der Waals surface area contributed by atoms with E-state index in [9.17, 15) is 14.9 Å². The van der Waals surface area contributed by atoms with Crippen LogP contribution < -0.4 is 10.9 Å². The van der Waals surface area contributed by atoms with E-state index >= 15 is 0 Å². The van der Waals surface area contributed by atoms with Crippen LogP contribution in [0.3, 0.4) is 0 Å². The Bertz CT molecular complexity index is 982. The molecule has 0 spiro atoms. The fourth-order valence-corrected chi connectivity index (χ4v) is 2.68. The van der Waals surface area contributed by atoms with Crippen LogP contribution in [0.25, 0.3) is 10.9 Å². The van der Waals surface area contributed by atoms with Crippen molar-refractivity contribution in [2.24, 2.45) is 7.05 Å². The molecule has 3 aromatic rings. The van der Waals surface area contributed by atoms with Crippen molar-refractivity contribution in [3.8, 4) is 0 Å². The summed E-state index contributed by atoms with van der Waals surface area (Å²) in [6, 6.07) is 13.8. The Morgan fingerprint density at radius 1 is 1.17 bits per heavy atom. The van der Waals surface area contributed by atoms with Crippen molar-refractivity contribution in [3.63, 3.8) is 0 Å². The first-order valence-corrected chi connectivity index (χ1v) is 7.15. The van der Waals surface area contributed by atoms with E-state index in [1.807, 2.05) is 0 Å². The van der Waals surface area contributed by atoms with Gasteiger partial charge in [0.2, 0.25) is 0 Å². The van der Waals surface area contributed by atoms with Gasteiger partial charge in [0.15, 0.2) is 0 Å². The van der Waals surface area contributed by atoms with Crippen molar-refractivity contribution < 1.29 is 4.92 Å². The standard InChI is InChI=1S/C16H12ClN3O3/c1-19-13-8-3-2-7-12(13)14(15(16(19)21)20(22)23)18-11-6-4-5-10(17)9-11/h2-9,18H,1H3. The highest BCUT2D eigenvalue weighted by atomic mass is 35.5. The summed E-state index contributed by atoms with van der Waals surface area (Å²) in [7, 11) is 1.51. The zero-order chi connectivity index (χ0) is 16.6. The summed E-state index contributed by atoms with van der Waals surface area (Å²) in [6.45, 7) is 0. The number of rotatable bonds is 3. The summed E-state index contributed by atoms with van der Waals surface area (Å²) in [6.07, 6.45) is 0. The summed E-state index contributed by atoms with van der Waals surface area (Å²) in [4.78, 5) is 23.1. The van der Waals surface area contributed by atoms with Gasteiger partial charge in [-0.25, -0.2) is 0 Å². The number of nitro groups is 1. The molecule has 0 aliphatic heterocycles. The third kappa shape index (κ3) is 2.64. The van der Waals surface area contributed by atoms with Gasteiger partial charge in [-0.3, -0.25) is 14.9 Å². The number of hydrogen-bond donors (Lipinski definition) is 1. The van der Waals surface area contributed by atoms with Crippen LogP contribution in [0.1, 0.15) is 0 Å². The highest BCUT2D eigenvalue weighted by Crippen LogP contribution is 2.32. The predicted octanol–water partition coefficient (Wildman–Crippen LogP) is 3.84. The molecule has 1 N–H and O–H groups in total. The number of hydrogen-bond acceptors (Lipinski definition) is 4. The van der Waals surface area contributed by atoms with Gasteiger partial charge >= 0.3 is 11.2 Å². The number of benzene rings is 2. The van der Waals surface area contributed by atoms with Crippen molar-refractivity contribution in [1.82, 2.24) is 4.57 Å². The lowest BCUT2D eigenvalue weighted by Gasteiger charge is -2.13. The Morgan fingerprint density at radius 3 is 2.61 bits per heavy atom. The highest BCUT2D eigenvalue weighted by molar-refractivity contribution is 6.30. The lowest BCUT2D eigenvalue weighted by Crippen LogP contribution is -2.21. The molecule has 0 atom stereocenters. The summed E-state index contributed by atoms with van der Waals surface area (Å²) in [5, 5.41) is 15.5. The fraction of sp³-hybridized carbons (Fsp3) is 0.0625. The number of aromatic nitrogens is 1. The molecular formula is C16H12ClN3O3. The van der Waals surface area contributed by atoms with Gasteiger partial charge in [0.05, 0.1) is 10.4 Å². The molecule has 0 aliphatic rings. The molecule has 0 radical (unpaired) electrons. The molecule has 1 aromatic heterocycles. The van der Waals surface area contributed by atoms with Crippen LogP contribution in [0.15, 0.2) is 53.3 Å². The van der Waals surface area contributed by atoms with Crippen molar-refractivity contribution in [1.29, 1.82) is 0 Å². The van der Waals surface area contributed by atoms with Crippen LogP contribution >= 0.6 is 11.6 Å². The molecule has 0 amide bonds. The fourth-order valence-electron chi connectivity index (χ4n) is 2.49. The van der Waals surface area contributed by atoms with E-state index < -0.39 is 16.2 Å². The normalized spacial score (nSPS) is 10.7. The van der Waals surface area contributed by atoms with E-state index in [4.69, 9.17) is 11.6 Å². The molecule has 0 fully saturated rings. The first-order valence-electron chi connectivity index (χ1n) is 6.78. The molecule has 0 saturated carbocycles. The monoisotopic (exact) mass is 329 g/mol. The van der Waals surface area contributed by atoms with Crippen molar-refractivity contribution in [2.45, 2.75) is 0 Å². The maximum atomic E-state index is 12.4. The number of halogens is 1. The smallest absolute Gasteiger partial charge is 0.349 e. The lowest BCUT2D eigenvalue weighted by molar-refractivity contribution is -0.385. The molecule has 7 heteroatoms. The summed E-state index contributed by atoms with van der Waals surface area (Å²) < 4.78 is 1.27. The zero-order valence-corrected chi connectivity index (χ0v) is 12.9. The second-order valence-corrected chi connectivity index (χ2v) is 5.43.